The molecule has 0 aromatic carbocycles. The monoisotopic (exact) mass is 391 g/mol. The molecule has 0 heterocycles. The first-order valence-electron chi connectivity index (χ1n) is 11.0. The van der Waals surface area contributed by atoms with Gasteiger partial charge in [-0.2, -0.15) is 0 Å². The SMILES string of the molecule is CCCCCCCC/C=C\CCCCCCCC(=O)NCCNCCO.[Na]. The molecule has 0 aliphatic rings. The van der Waals surface area contributed by atoms with Gasteiger partial charge in [-0.05, 0) is 32.1 Å². The van der Waals surface area contributed by atoms with Gasteiger partial charge in [0.05, 0.1) is 6.61 Å². The molecule has 1 amide bonds. The van der Waals surface area contributed by atoms with Crippen molar-refractivity contribution in [3.63, 3.8) is 0 Å². The number of carbonyl (C=O) groups is 1. The summed E-state index contributed by atoms with van der Waals surface area (Å²) in [7, 11) is 0. The molecule has 0 unspecified atom stereocenters. The number of aliphatic hydroxyl groups excluding tert-OH is 1. The Morgan fingerprint density at radius 2 is 1.33 bits per heavy atom. The van der Waals surface area contributed by atoms with E-state index in [0.29, 0.717) is 19.5 Å². The summed E-state index contributed by atoms with van der Waals surface area (Å²) >= 11 is 0. The molecule has 0 aromatic heterocycles. The molecule has 5 heteroatoms. The Morgan fingerprint density at radius 3 is 1.93 bits per heavy atom. The van der Waals surface area contributed by atoms with E-state index in [1.54, 1.807) is 0 Å². The summed E-state index contributed by atoms with van der Waals surface area (Å²) < 4.78 is 0. The number of amides is 1. The zero-order valence-corrected chi connectivity index (χ0v) is 20.2. The second-order valence-electron chi connectivity index (χ2n) is 7.16. The van der Waals surface area contributed by atoms with Gasteiger partial charge in [-0.3, -0.25) is 4.79 Å². The van der Waals surface area contributed by atoms with Crippen molar-refractivity contribution in [1.82, 2.24) is 10.6 Å². The van der Waals surface area contributed by atoms with Crippen LogP contribution in [0.2, 0.25) is 0 Å². The molecule has 0 saturated carbocycles. The average molecular weight is 392 g/mol. The minimum atomic E-state index is 0. The number of hydrogen-bond donors (Lipinski definition) is 3. The molecule has 1 radical (unpaired) electrons. The average Bonchev–Trinajstić information content (AvgIpc) is 2.64. The van der Waals surface area contributed by atoms with Crippen LogP contribution in [0.1, 0.15) is 96.8 Å². The summed E-state index contributed by atoms with van der Waals surface area (Å²) in [4.78, 5) is 11.6. The molecular formula is C22H44N2NaO2. The van der Waals surface area contributed by atoms with E-state index in [9.17, 15) is 4.79 Å². The Labute approximate surface area is 190 Å². The van der Waals surface area contributed by atoms with E-state index in [-0.39, 0.29) is 42.1 Å². The molecule has 0 aromatic rings. The van der Waals surface area contributed by atoms with E-state index >= 15 is 0 Å². The van der Waals surface area contributed by atoms with Crippen LogP contribution in [0, 0.1) is 0 Å². The second-order valence-corrected chi connectivity index (χ2v) is 7.16. The topological polar surface area (TPSA) is 61.4 Å². The van der Waals surface area contributed by atoms with Gasteiger partial charge in [0.25, 0.3) is 0 Å². The van der Waals surface area contributed by atoms with Crippen LogP contribution in [0.25, 0.3) is 0 Å². The van der Waals surface area contributed by atoms with Crippen molar-refractivity contribution >= 4 is 35.5 Å². The summed E-state index contributed by atoms with van der Waals surface area (Å²) in [5.41, 5.74) is 0. The van der Waals surface area contributed by atoms with E-state index in [2.05, 4.69) is 29.7 Å². The molecule has 0 saturated heterocycles. The van der Waals surface area contributed by atoms with Crippen molar-refractivity contribution < 1.29 is 9.90 Å². The standard InChI is InChI=1S/C22H44N2O2.Na/c1-2-3-4-5-6-7-8-9-10-11-12-13-14-15-16-17-22(26)24-19-18-23-20-21-25;/h9-10,23,25H,2-8,11-21H2,1H3,(H,24,26);/b10-9-;. The molecule has 0 spiro atoms. The number of rotatable bonds is 20. The zero-order chi connectivity index (χ0) is 19.1. The van der Waals surface area contributed by atoms with Crippen LogP contribution in [-0.4, -0.2) is 66.8 Å². The summed E-state index contributed by atoms with van der Waals surface area (Å²) in [5.74, 6) is 0.147. The fourth-order valence-corrected chi connectivity index (χ4v) is 2.94. The van der Waals surface area contributed by atoms with Crippen molar-refractivity contribution in [1.29, 1.82) is 0 Å². The number of allylic oxidation sites excluding steroid dienone is 2. The Hall–Kier alpha value is 0.130. The fourth-order valence-electron chi connectivity index (χ4n) is 2.94. The van der Waals surface area contributed by atoms with E-state index < -0.39 is 0 Å². The third-order valence-corrected chi connectivity index (χ3v) is 4.58. The smallest absolute Gasteiger partial charge is 0.220 e. The van der Waals surface area contributed by atoms with Crippen LogP contribution in [0.3, 0.4) is 0 Å². The molecule has 0 atom stereocenters. The first-order valence-corrected chi connectivity index (χ1v) is 11.0. The van der Waals surface area contributed by atoms with E-state index in [4.69, 9.17) is 5.11 Å². The molecule has 0 aliphatic heterocycles. The van der Waals surface area contributed by atoms with Crippen LogP contribution in [0.4, 0.5) is 0 Å². The van der Waals surface area contributed by atoms with E-state index in [0.717, 1.165) is 19.4 Å². The number of hydrogen-bond acceptors (Lipinski definition) is 3. The maximum Gasteiger partial charge on any atom is 0.220 e. The number of carbonyl (C=O) groups excluding carboxylic acids is 1. The largest absolute Gasteiger partial charge is 0.395 e. The quantitative estimate of drug-likeness (QED) is 0.164. The van der Waals surface area contributed by atoms with Gasteiger partial charge in [0.1, 0.15) is 0 Å². The van der Waals surface area contributed by atoms with Crippen LogP contribution in [-0.2, 0) is 4.79 Å². The summed E-state index contributed by atoms with van der Waals surface area (Å²) in [6.07, 6.45) is 22.0. The van der Waals surface area contributed by atoms with Crippen LogP contribution in [0.5, 0.6) is 0 Å². The van der Waals surface area contributed by atoms with Gasteiger partial charge in [0.15, 0.2) is 0 Å². The molecule has 0 fully saturated rings. The Balaban J connectivity index is 0. The molecule has 4 nitrogen and oxygen atoms in total. The predicted octanol–water partition coefficient (Wildman–Crippen LogP) is 4.34. The van der Waals surface area contributed by atoms with Crippen molar-refractivity contribution in [2.75, 3.05) is 26.2 Å². The van der Waals surface area contributed by atoms with Crippen molar-refractivity contribution in [2.24, 2.45) is 0 Å². The zero-order valence-electron chi connectivity index (χ0n) is 18.2. The maximum absolute atomic E-state index is 11.6. The Morgan fingerprint density at radius 1 is 0.778 bits per heavy atom. The van der Waals surface area contributed by atoms with Gasteiger partial charge >= 0.3 is 0 Å². The van der Waals surface area contributed by atoms with Gasteiger partial charge in [0, 0.05) is 55.6 Å². The van der Waals surface area contributed by atoms with Crippen molar-refractivity contribution in [3.05, 3.63) is 12.2 Å². The Kier molecular flexibility index (Phi) is 28.4. The normalized spacial score (nSPS) is 10.9. The third-order valence-electron chi connectivity index (χ3n) is 4.58. The first-order chi connectivity index (χ1) is 12.8. The van der Waals surface area contributed by atoms with Crippen molar-refractivity contribution in [3.8, 4) is 0 Å². The van der Waals surface area contributed by atoms with Gasteiger partial charge in [0.2, 0.25) is 5.91 Å². The molecule has 0 bridgehead atoms. The minimum Gasteiger partial charge on any atom is -0.395 e. The third kappa shape index (κ3) is 26.1. The predicted molar refractivity (Wildman–Crippen MR) is 118 cm³/mol. The van der Waals surface area contributed by atoms with Crippen LogP contribution < -0.4 is 10.6 Å². The number of nitrogens with one attached hydrogen (secondary N) is 2. The molecule has 0 rings (SSSR count). The summed E-state index contributed by atoms with van der Waals surface area (Å²) in [6, 6.07) is 0. The molecular weight excluding hydrogens is 347 g/mol. The molecule has 3 N–H and O–H groups in total. The molecule has 155 valence electrons. The summed E-state index contributed by atoms with van der Waals surface area (Å²) in [6.45, 7) is 4.36. The van der Waals surface area contributed by atoms with Crippen molar-refractivity contribution in [2.45, 2.75) is 96.8 Å². The molecule has 27 heavy (non-hydrogen) atoms. The van der Waals surface area contributed by atoms with Gasteiger partial charge in [-0.15, -0.1) is 0 Å². The Bertz CT molecular complexity index is 325. The molecule has 0 aliphatic carbocycles. The fraction of sp³-hybridized carbons (Fsp3) is 0.864. The van der Waals surface area contributed by atoms with Crippen LogP contribution >= 0.6 is 0 Å². The first kappa shape index (κ1) is 29.3. The summed E-state index contributed by atoms with van der Waals surface area (Å²) in [5, 5.41) is 14.6. The van der Waals surface area contributed by atoms with Gasteiger partial charge in [-0.25, -0.2) is 0 Å². The maximum atomic E-state index is 11.6. The van der Waals surface area contributed by atoms with Gasteiger partial charge in [-0.1, -0.05) is 70.4 Å². The number of unbranched alkanes of at least 4 members (excludes halogenated alkanes) is 11. The van der Waals surface area contributed by atoms with E-state index in [1.165, 1.54) is 70.6 Å². The van der Waals surface area contributed by atoms with E-state index in [1.807, 2.05) is 0 Å². The van der Waals surface area contributed by atoms with Crippen LogP contribution in [0.15, 0.2) is 12.2 Å². The second kappa shape index (κ2) is 26.1. The number of aliphatic hydroxyl groups is 1. The minimum absolute atomic E-state index is 0. The van der Waals surface area contributed by atoms with Gasteiger partial charge < -0.3 is 15.7 Å².